The summed E-state index contributed by atoms with van der Waals surface area (Å²) in [7, 11) is 0. The quantitative estimate of drug-likeness (QED) is 0.825. The number of piperazine rings is 1. The number of thioether (sulfide) groups is 1. The Morgan fingerprint density at radius 2 is 2.00 bits per heavy atom. The van der Waals surface area contributed by atoms with Crippen molar-refractivity contribution in [1.82, 2.24) is 9.80 Å². The predicted molar refractivity (Wildman–Crippen MR) is 96.2 cm³/mol. The first-order valence-electron chi connectivity index (χ1n) is 8.16. The van der Waals surface area contributed by atoms with E-state index in [-0.39, 0.29) is 0 Å². The van der Waals surface area contributed by atoms with Crippen LogP contribution in [0.5, 0.6) is 0 Å². The lowest BCUT2D eigenvalue weighted by Gasteiger charge is -2.39. The third kappa shape index (κ3) is 3.17. The van der Waals surface area contributed by atoms with Crippen LogP contribution >= 0.6 is 23.1 Å². The van der Waals surface area contributed by atoms with Crippen LogP contribution in [0.25, 0.3) is 0 Å². The fourth-order valence-electron chi connectivity index (χ4n) is 3.04. The van der Waals surface area contributed by atoms with E-state index in [1.165, 1.54) is 11.3 Å². The van der Waals surface area contributed by atoms with Crippen molar-refractivity contribution in [1.29, 1.82) is 0 Å². The van der Waals surface area contributed by atoms with Crippen molar-refractivity contribution in [3.8, 4) is 0 Å². The number of carbonyl (C=O) groups excluding carboxylic acids is 1. The summed E-state index contributed by atoms with van der Waals surface area (Å²) in [6, 6.07) is 4.14. The van der Waals surface area contributed by atoms with Crippen molar-refractivity contribution in [3.05, 3.63) is 22.4 Å². The normalized spacial score (nSPS) is 22.4. The van der Waals surface area contributed by atoms with Crippen molar-refractivity contribution < 1.29 is 4.79 Å². The number of hydrogen-bond acceptors (Lipinski definition) is 6. The molecule has 0 bridgehead atoms. The molecule has 2 fully saturated rings. The Labute approximate surface area is 144 Å². The van der Waals surface area contributed by atoms with Gasteiger partial charge in [0.2, 0.25) is 5.91 Å². The van der Waals surface area contributed by atoms with Crippen LogP contribution in [0.2, 0.25) is 0 Å². The number of rotatable bonds is 2. The summed E-state index contributed by atoms with van der Waals surface area (Å²) in [5.41, 5.74) is 1.06. The molecule has 1 amide bonds. The van der Waals surface area contributed by atoms with Crippen LogP contribution in [0.3, 0.4) is 0 Å². The van der Waals surface area contributed by atoms with Gasteiger partial charge in [-0.25, -0.2) is 0 Å². The molecule has 1 aromatic heterocycles. The Morgan fingerprint density at radius 1 is 1.17 bits per heavy atom. The fourth-order valence-corrected chi connectivity index (χ4v) is 4.79. The first kappa shape index (κ1) is 15.2. The van der Waals surface area contributed by atoms with E-state index in [0.717, 1.165) is 55.7 Å². The number of hydrogen-bond donors (Lipinski definition) is 0. The number of nitrogens with zero attached hydrogens (tertiary/aromatic N) is 4. The molecule has 4 rings (SSSR count). The molecule has 1 aliphatic carbocycles. The number of amidine groups is 1. The standard InChI is InChI=1S/C16H20N4OS2/c21-15(12-3-1-4-12)19-6-8-20(9-7-19)16-18-17-13(11-23-16)14-5-2-10-22-14/h2,5,10,12H,1,3-4,6-9,11H2. The summed E-state index contributed by atoms with van der Waals surface area (Å²) in [5.74, 6) is 1.55. The third-order valence-corrected chi connectivity index (χ3v) is 6.65. The highest BCUT2D eigenvalue weighted by atomic mass is 32.2. The highest BCUT2D eigenvalue weighted by Crippen LogP contribution is 2.29. The molecule has 3 heterocycles. The van der Waals surface area contributed by atoms with Crippen LogP contribution < -0.4 is 0 Å². The summed E-state index contributed by atoms with van der Waals surface area (Å²) in [6.07, 6.45) is 3.39. The summed E-state index contributed by atoms with van der Waals surface area (Å²) >= 11 is 3.46. The average Bonchev–Trinajstić information content (AvgIpc) is 3.08. The monoisotopic (exact) mass is 348 g/mol. The number of thiophene rings is 1. The predicted octanol–water partition coefficient (Wildman–Crippen LogP) is 2.50. The smallest absolute Gasteiger partial charge is 0.225 e. The Kier molecular flexibility index (Phi) is 4.39. The van der Waals surface area contributed by atoms with E-state index in [1.54, 1.807) is 23.1 Å². The maximum atomic E-state index is 12.3. The van der Waals surface area contributed by atoms with Crippen LogP contribution in [0.4, 0.5) is 0 Å². The Morgan fingerprint density at radius 3 is 2.57 bits per heavy atom. The molecule has 1 aromatic rings. The second-order valence-corrected chi connectivity index (χ2v) is 8.03. The average molecular weight is 348 g/mol. The zero-order valence-corrected chi connectivity index (χ0v) is 14.6. The Balaban J connectivity index is 1.35. The molecule has 0 radical (unpaired) electrons. The van der Waals surface area contributed by atoms with Crippen molar-refractivity contribution >= 4 is 39.9 Å². The fraction of sp³-hybridized carbons (Fsp3) is 0.562. The van der Waals surface area contributed by atoms with Gasteiger partial charge in [-0.05, 0) is 24.3 Å². The lowest BCUT2D eigenvalue weighted by Crippen LogP contribution is -2.52. The number of carbonyl (C=O) groups is 1. The van der Waals surface area contributed by atoms with Crippen LogP contribution in [0.15, 0.2) is 27.7 Å². The molecular weight excluding hydrogens is 328 g/mol. The largest absolute Gasteiger partial charge is 0.346 e. The van der Waals surface area contributed by atoms with Gasteiger partial charge in [-0.1, -0.05) is 24.2 Å². The summed E-state index contributed by atoms with van der Waals surface area (Å²) < 4.78 is 0. The zero-order chi connectivity index (χ0) is 15.6. The van der Waals surface area contributed by atoms with Crippen molar-refractivity contribution in [3.63, 3.8) is 0 Å². The second-order valence-electron chi connectivity index (χ2n) is 6.14. The van der Waals surface area contributed by atoms with Crippen LogP contribution in [-0.4, -0.2) is 58.5 Å². The molecule has 1 saturated carbocycles. The minimum absolute atomic E-state index is 0.306. The Bertz CT molecular complexity index is 629. The summed E-state index contributed by atoms with van der Waals surface area (Å²) in [6.45, 7) is 3.37. The van der Waals surface area contributed by atoms with Gasteiger partial charge in [-0.2, -0.15) is 5.10 Å². The number of amides is 1. The van der Waals surface area contributed by atoms with Gasteiger partial charge >= 0.3 is 0 Å². The topological polar surface area (TPSA) is 48.3 Å². The molecular formula is C16H20N4OS2. The molecule has 1 saturated heterocycles. The maximum Gasteiger partial charge on any atom is 0.225 e. The van der Waals surface area contributed by atoms with E-state index < -0.39 is 0 Å². The van der Waals surface area contributed by atoms with Crippen molar-refractivity contribution in [2.24, 2.45) is 16.1 Å². The van der Waals surface area contributed by atoms with Crippen LogP contribution in [-0.2, 0) is 4.79 Å². The molecule has 23 heavy (non-hydrogen) atoms. The molecule has 0 aromatic carbocycles. The zero-order valence-electron chi connectivity index (χ0n) is 13.0. The second kappa shape index (κ2) is 6.65. The van der Waals surface area contributed by atoms with Crippen molar-refractivity contribution in [2.75, 3.05) is 31.9 Å². The van der Waals surface area contributed by atoms with E-state index in [0.29, 0.717) is 11.8 Å². The summed E-state index contributed by atoms with van der Waals surface area (Å²) in [4.78, 5) is 17.8. The first-order chi connectivity index (χ1) is 11.3. The minimum atomic E-state index is 0.306. The van der Waals surface area contributed by atoms with Gasteiger partial charge in [0, 0.05) is 37.8 Å². The lowest BCUT2D eigenvalue weighted by molar-refractivity contribution is -0.139. The molecule has 5 nitrogen and oxygen atoms in total. The van der Waals surface area contributed by atoms with Gasteiger partial charge in [-0.15, -0.1) is 16.4 Å². The molecule has 0 unspecified atom stereocenters. The summed E-state index contributed by atoms with van der Waals surface area (Å²) in [5, 5.41) is 11.9. The third-order valence-electron chi connectivity index (χ3n) is 4.72. The highest BCUT2D eigenvalue weighted by molar-refractivity contribution is 8.14. The van der Waals surface area contributed by atoms with Gasteiger partial charge in [0.15, 0.2) is 5.17 Å². The van der Waals surface area contributed by atoms with Gasteiger partial charge < -0.3 is 9.80 Å². The maximum absolute atomic E-state index is 12.3. The van der Waals surface area contributed by atoms with Crippen LogP contribution in [0, 0.1) is 5.92 Å². The van der Waals surface area contributed by atoms with Crippen molar-refractivity contribution in [2.45, 2.75) is 19.3 Å². The van der Waals surface area contributed by atoms with Crippen LogP contribution in [0.1, 0.15) is 24.1 Å². The Hall–Kier alpha value is -1.34. The SMILES string of the molecule is O=C(C1CCC1)N1CCN(C2=NN=C(c3cccs3)CS2)CC1. The minimum Gasteiger partial charge on any atom is -0.346 e. The molecule has 122 valence electrons. The van der Waals surface area contributed by atoms with Gasteiger partial charge in [0.1, 0.15) is 0 Å². The molecule has 0 N–H and O–H groups in total. The molecule has 2 aliphatic heterocycles. The van der Waals surface area contributed by atoms with Gasteiger partial charge in [0.05, 0.1) is 10.6 Å². The lowest BCUT2D eigenvalue weighted by atomic mass is 9.84. The molecule has 0 atom stereocenters. The van der Waals surface area contributed by atoms with Gasteiger partial charge in [-0.3, -0.25) is 4.79 Å². The first-order valence-corrected chi connectivity index (χ1v) is 10.0. The van der Waals surface area contributed by atoms with E-state index in [4.69, 9.17) is 0 Å². The highest BCUT2D eigenvalue weighted by Gasteiger charge is 2.32. The molecule has 3 aliphatic rings. The van der Waals surface area contributed by atoms with E-state index in [9.17, 15) is 4.79 Å². The van der Waals surface area contributed by atoms with E-state index in [2.05, 4.69) is 26.5 Å². The van der Waals surface area contributed by atoms with E-state index in [1.807, 2.05) is 11.0 Å². The van der Waals surface area contributed by atoms with E-state index >= 15 is 0 Å². The molecule has 0 spiro atoms. The van der Waals surface area contributed by atoms with Gasteiger partial charge in [0.25, 0.3) is 0 Å². The molecule has 7 heteroatoms.